The van der Waals surface area contributed by atoms with E-state index >= 15 is 0 Å². The van der Waals surface area contributed by atoms with Crippen LogP contribution in [0.4, 0.5) is 10.5 Å². The molecule has 0 radical (unpaired) electrons. The van der Waals surface area contributed by atoms with Crippen molar-refractivity contribution in [3.05, 3.63) is 95.0 Å². The Morgan fingerprint density at radius 3 is 2.47 bits per heavy atom. The number of nitrogens with one attached hydrogen (secondary N) is 1. The number of aryl methyl sites for hydroxylation is 2. The molecule has 0 saturated heterocycles. The first kappa shape index (κ1) is 23.2. The number of allylic oxidation sites excluding steroid dienone is 1. The number of methoxy groups -OCH3 is 1. The second kappa shape index (κ2) is 9.22. The van der Waals surface area contributed by atoms with Crippen molar-refractivity contribution in [2.45, 2.75) is 26.8 Å². The number of phenols is 1. The van der Waals surface area contributed by atoms with Gasteiger partial charge in [0.05, 0.1) is 24.4 Å². The van der Waals surface area contributed by atoms with E-state index in [1.54, 1.807) is 23.1 Å². The predicted octanol–water partition coefficient (Wildman–Crippen LogP) is 5.77. The van der Waals surface area contributed by atoms with E-state index in [2.05, 4.69) is 10.5 Å². The van der Waals surface area contributed by atoms with Crippen LogP contribution in [0.2, 0.25) is 0 Å². The summed E-state index contributed by atoms with van der Waals surface area (Å²) in [6, 6.07) is 19.6. The molecule has 0 spiro atoms. The van der Waals surface area contributed by atoms with Crippen molar-refractivity contribution < 1.29 is 19.2 Å². The summed E-state index contributed by atoms with van der Waals surface area (Å²) >= 11 is 0. The topological polar surface area (TPSA) is 101 Å². The molecule has 8 heteroatoms. The number of urea groups is 1. The third-order valence-corrected chi connectivity index (χ3v) is 6.25. The molecule has 1 aromatic heterocycles. The number of anilines is 1. The molecular formula is C28H26N4O4. The van der Waals surface area contributed by atoms with E-state index in [1.807, 2.05) is 69.3 Å². The third-order valence-electron chi connectivity index (χ3n) is 6.25. The summed E-state index contributed by atoms with van der Waals surface area (Å²) in [6.07, 6.45) is 0. The highest BCUT2D eigenvalue weighted by molar-refractivity contribution is 6.01. The van der Waals surface area contributed by atoms with E-state index in [0.717, 1.165) is 16.7 Å². The number of nitrogens with zero attached hydrogens (tertiary/aromatic N) is 3. The minimum absolute atomic E-state index is 0.0341. The summed E-state index contributed by atoms with van der Waals surface area (Å²) in [4.78, 5) is 19.6. The molecule has 8 nitrogen and oxygen atoms in total. The molecule has 2 heterocycles. The lowest BCUT2D eigenvalue weighted by molar-refractivity contribution is 0.244. The fourth-order valence-electron chi connectivity index (χ4n) is 4.40. The normalized spacial score (nSPS) is 15.7. The maximum absolute atomic E-state index is 13.3. The van der Waals surface area contributed by atoms with Gasteiger partial charge in [-0.05, 0) is 56.7 Å². The standard InChI is InChI=1S/C28H26N4O4/c1-16-8-11-21(12-9-16)32-18(3)24(27-30-26(31-36-27)20-7-5-6-17(2)14-20)25(29-28(32)34)19-10-13-23(35-4)22(33)15-19/h5-15,25,33H,1-4H3,(H,29,34). The van der Waals surface area contributed by atoms with Crippen molar-refractivity contribution in [3.8, 4) is 22.9 Å². The Hall–Kier alpha value is -4.59. The van der Waals surface area contributed by atoms with Gasteiger partial charge >= 0.3 is 6.03 Å². The number of rotatable bonds is 5. The minimum atomic E-state index is -0.637. The van der Waals surface area contributed by atoms with E-state index in [4.69, 9.17) is 14.2 Å². The van der Waals surface area contributed by atoms with Gasteiger partial charge in [-0.2, -0.15) is 4.98 Å². The number of benzene rings is 3. The fourth-order valence-corrected chi connectivity index (χ4v) is 4.40. The van der Waals surface area contributed by atoms with Crippen LogP contribution in [0.1, 0.15) is 35.5 Å². The summed E-state index contributed by atoms with van der Waals surface area (Å²) < 4.78 is 10.9. The van der Waals surface area contributed by atoms with Crippen molar-refractivity contribution >= 4 is 17.3 Å². The monoisotopic (exact) mass is 482 g/mol. The number of hydrogen-bond donors (Lipinski definition) is 2. The summed E-state index contributed by atoms with van der Waals surface area (Å²) in [5.74, 6) is 1.03. The highest BCUT2D eigenvalue weighted by Crippen LogP contribution is 2.41. The molecule has 3 aromatic carbocycles. The Morgan fingerprint density at radius 2 is 1.78 bits per heavy atom. The summed E-state index contributed by atoms with van der Waals surface area (Å²) in [6.45, 7) is 5.84. The third kappa shape index (κ3) is 4.17. The first-order valence-electron chi connectivity index (χ1n) is 11.5. The van der Waals surface area contributed by atoms with Crippen LogP contribution in [0.3, 0.4) is 0 Å². The van der Waals surface area contributed by atoms with Crippen molar-refractivity contribution in [3.63, 3.8) is 0 Å². The molecule has 0 bridgehead atoms. The highest BCUT2D eigenvalue weighted by atomic mass is 16.5. The van der Waals surface area contributed by atoms with Gasteiger partial charge in [0, 0.05) is 11.3 Å². The Labute approximate surface area is 208 Å². The van der Waals surface area contributed by atoms with Crippen LogP contribution in [0.5, 0.6) is 11.5 Å². The molecule has 0 fully saturated rings. The Bertz CT molecular complexity index is 1470. The van der Waals surface area contributed by atoms with Crippen molar-refractivity contribution in [1.29, 1.82) is 0 Å². The maximum atomic E-state index is 13.3. The number of aromatic hydroxyl groups is 1. The molecule has 2 N–H and O–H groups in total. The lowest BCUT2D eigenvalue weighted by Crippen LogP contribution is -2.46. The Balaban J connectivity index is 1.66. The molecule has 182 valence electrons. The zero-order chi connectivity index (χ0) is 25.4. The Morgan fingerprint density at radius 1 is 1.00 bits per heavy atom. The second-order valence-corrected chi connectivity index (χ2v) is 8.78. The second-order valence-electron chi connectivity index (χ2n) is 8.78. The van der Waals surface area contributed by atoms with Gasteiger partial charge in [0.15, 0.2) is 11.5 Å². The number of carbonyl (C=O) groups excluding carboxylic acids is 1. The summed E-state index contributed by atoms with van der Waals surface area (Å²) in [5, 5.41) is 17.7. The Kier molecular flexibility index (Phi) is 5.93. The lowest BCUT2D eigenvalue weighted by Gasteiger charge is -2.35. The molecular weight excluding hydrogens is 456 g/mol. The molecule has 1 aliphatic heterocycles. The van der Waals surface area contributed by atoms with E-state index in [0.29, 0.717) is 34.1 Å². The average Bonchev–Trinajstić information content (AvgIpc) is 3.34. The first-order chi connectivity index (χ1) is 17.4. The maximum Gasteiger partial charge on any atom is 0.326 e. The van der Waals surface area contributed by atoms with Crippen molar-refractivity contribution in [1.82, 2.24) is 15.5 Å². The van der Waals surface area contributed by atoms with E-state index in [1.165, 1.54) is 7.11 Å². The molecule has 0 saturated carbocycles. The van der Waals surface area contributed by atoms with Gasteiger partial charge in [-0.15, -0.1) is 0 Å². The number of ether oxygens (including phenoxy) is 1. The molecule has 0 aliphatic carbocycles. The zero-order valence-electron chi connectivity index (χ0n) is 20.4. The van der Waals surface area contributed by atoms with Crippen LogP contribution in [-0.4, -0.2) is 28.4 Å². The van der Waals surface area contributed by atoms with E-state index < -0.39 is 6.04 Å². The molecule has 36 heavy (non-hydrogen) atoms. The van der Waals surface area contributed by atoms with E-state index in [9.17, 15) is 9.90 Å². The average molecular weight is 483 g/mol. The van der Waals surface area contributed by atoms with Crippen LogP contribution in [0.25, 0.3) is 17.0 Å². The highest BCUT2D eigenvalue weighted by Gasteiger charge is 2.36. The minimum Gasteiger partial charge on any atom is -0.504 e. The van der Waals surface area contributed by atoms with Gasteiger partial charge < -0.3 is 19.7 Å². The molecule has 4 aromatic rings. The van der Waals surface area contributed by atoms with E-state index in [-0.39, 0.29) is 17.7 Å². The van der Waals surface area contributed by atoms with Crippen LogP contribution in [-0.2, 0) is 0 Å². The van der Waals surface area contributed by atoms with Crippen LogP contribution < -0.4 is 15.0 Å². The van der Waals surface area contributed by atoms with Gasteiger partial charge in [0.1, 0.15) is 0 Å². The van der Waals surface area contributed by atoms with Gasteiger partial charge in [0.2, 0.25) is 5.82 Å². The molecule has 1 aliphatic rings. The molecule has 1 unspecified atom stereocenters. The van der Waals surface area contributed by atoms with Crippen molar-refractivity contribution in [2.24, 2.45) is 0 Å². The molecule has 2 amide bonds. The smallest absolute Gasteiger partial charge is 0.326 e. The van der Waals surface area contributed by atoms with Gasteiger partial charge in [-0.1, -0.05) is 52.7 Å². The van der Waals surface area contributed by atoms with Crippen molar-refractivity contribution in [2.75, 3.05) is 12.0 Å². The summed E-state index contributed by atoms with van der Waals surface area (Å²) in [5.41, 5.74) is 5.63. The number of carbonyl (C=O) groups is 1. The predicted molar refractivity (Wildman–Crippen MR) is 137 cm³/mol. The molecule has 1 atom stereocenters. The number of phenolic OH excluding ortho intramolecular Hbond substituents is 1. The SMILES string of the molecule is COc1ccc(C2NC(=O)N(c3ccc(C)cc3)C(C)=C2c2nc(-c3cccc(C)c3)no2)cc1O. The first-order valence-corrected chi connectivity index (χ1v) is 11.5. The molecule has 5 rings (SSSR count). The number of hydrogen-bond acceptors (Lipinski definition) is 6. The number of aromatic nitrogens is 2. The fraction of sp³-hybridized carbons (Fsp3) is 0.179. The summed E-state index contributed by atoms with van der Waals surface area (Å²) in [7, 11) is 1.48. The van der Waals surface area contributed by atoms with Gasteiger partial charge in [0.25, 0.3) is 5.89 Å². The van der Waals surface area contributed by atoms with Gasteiger partial charge in [-0.3, -0.25) is 4.90 Å². The largest absolute Gasteiger partial charge is 0.504 e. The van der Waals surface area contributed by atoms with Crippen LogP contribution in [0, 0.1) is 13.8 Å². The zero-order valence-corrected chi connectivity index (χ0v) is 20.4. The van der Waals surface area contributed by atoms with Crippen LogP contribution >= 0.6 is 0 Å². The van der Waals surface area contributed by atoms with Crippen LogP contribution in [0.15, 0.2) is 77.0 Å². The lowest BCUT2D eigenvalue weighted by atomic mass is 9.94. The quantitative estimate of drug-likeness (QED) is 0.375. The van der Waals surface area contributed by atoms with Gasteiger partial charge in [-0.25, -0.2) is 4.79 Å². The number of amides is 2.